The van der Waals surface area contributed by atoms with Crippen LogP contribution >= 0.6 is 0 Å². The van der Waals surface area contributed by atoms with Crippen LogP contribution in [-0.2, 0) is 10.9 Å². The first-order chi connectivity index (χ1) is 16.5. The van der Waals surface area contributed by atoms with Gasteiger partial charge in [0.25, 0.3) is 0 Å². The number of fused-ring (bicyclic) bond motifs is 1. The van der Waals surface area contributed by atoms with Gasteiger partial charge in [0.15, 0.2) is 0 Å². The van der Waals surface area contributed by atoms with E-state index >= 15 is 0 Å². The Labute approximate surface area is 195 Å². The second-order valence-corrected chi connectivity index (χ2v) is 8.60. The van der Waals surface area contributed by atoms with Crippen LogP contribution in [0.15, 0.2) is 42.9 Å². The minimum Gasteiger partial charge on any atom is -0.488 e. The molecule has 1 aliphatic carbocycles. The van der Waals surface area contributed by atoms with Crippen LogP contribution in [0.5, 0.6) is 5.75 Å². The van der Waals surface area contributed by atoms with Crippen LogP contribution in [0.4, 0.5) is 24.7 Å². The number of hydrogen-bond donors (Lipinski definition) is 1. The van der Waals surface area contributed by atoms with Crippen molar-refractivity contribution in [2.75, 3.05) is 36.5 Å². The predicted molar refractivity (Wildman–Crippen MR) is 122 cm³/mol. The molecule has 0 bridgehead atoms. The fourth-order valence-electron chi connectivity index (χ4n) is 4.57. The van der Waals surface area contributed by atoms with Crippen molar-refractivity contribution in [2.45, 2.75) is 44.0 Å². The molecule has 0 unspecified atom stereocenters. The molecule has 2 aromatic heterocycles. The maximum atomic E-state index is 13.3. The number of morpholine rings is 1. The van der Waals surface area contributed by atoms with Gasteiger partial charge in [-0.25, -0.2) is 9.97 Å². The number of nitrogens with zero attached hydrogens (tertiary/aromatic N) is 4. The largest absolute Gasteiger partial charge is 0.488 e. The number of alkyl halides is 3. The first-order valence-electron chi connectivity index (χ1n) is 11.5. The first-order valence-corrected chi connectivity index (χ1v) is 11.5. The van der Waals surface area contributed by atoms with Gasteiger partial charge >= 0.3 is 6.18 Å². The Balaban J connectivity index is 1.27. The summed E-state index contributed by atoms with van der Waals surface area (Å²) in [5.41, 5.74) is 1.77. The lowest BCUT2D eigenvalue weighted by Gasteiger charge is -2.32. The third-order valence-corrected chi connectivity index (χ3v) is 6.32. The molecule has 5 rings (SSSR count). The van der Waals surface area contributed by atoms with Gasteiger partial charge in [0.05, 0.1) is 30.4 Å². The molecule has 2 fully saturated rings. The van der Waals surface area contributed by atoms with Crippen molar-refractivity contribution in [2.24, 2.45) is 0 Å². The summed E-state index contributed by atoms with van der Waals surface area (Å²) in [5.74, 6) is 0.575. The maximum absolute atomic E-state index is 13.3. The van der Waals surface area contributed by atoms with Gasteiger partial charge in [-0.1, -0.05) is 0 Å². The summed E-state index contributed by atoms with van der Waals surface area (Å²) < 4.78 is 51.7. The number of hydrogen-bond acceptors (Lipinski definition) is 7. The quantitative estimate of drug-likeness (QED) is 0.577. The number of pyridine rings is 1. The summed E-state index contributed by atoms with van der Waals surface area (Å²) in [6.45, 7) is 2.96. The Morgan fingerprint density at radius 3 is 2.50 bits per heavy atom. The molecule has 0 atom stereocenters. The van der Waals surface area contributed by atoms with Gasteiger partial charge in [0.1, 0.15) is 17.1 Å². The van der Waals surface area contributed by atoms with E-state index in [0.29, 0.717) is 37.3 Å². The molecule has 1 saturated heterocycles. The Morgan fingerprint density at radius 1 is 0.971 bits per heavy atom. The van der Waals surface area contributed by atoms with Crippen molar-refractivity contribution in [1.82, 2.24) is 15.0 Å². The molecule has 3 heterocycles. The normalized spacial score (nSPS) is 21.4. The average molecular weight is 473 g/mol. The smallest absolute Gasteiger partial charge is 0.419 e. The van der Waals surface area contributed by atoms with Crippen molar-refractivity contribution in [3.63, 3.8) is 0 Å². The third kappa shape index (κ3) is 5.01. The zero-order valence-corrected chi connectivity index (χ0v) is 18.6. The summed E-state index contributed by atoms with van der Waals surface area (Å²) in [6.07, 6.45) is 3.01. The topological polar surface area (TPSA) is 72.4 Å². The monoisotopic (exact) mass is 473 g/mol. The molecule has 7 nitrogen and oxygen atoms in total. The van der Waals surface area contributed by atoms with E-state index in [2.05, 4.69) is 25.2 Å². The Morgan fingerprint density at radius 2 is 1.74 bits per heavy atom. The molecule has 0 spiro atoms. The second-order valence-electron chi connectivity index (χ2n) is 8.60. The number of ether oxygens (including phenoxy) is 2. The minimum absolute atomic E-state index is 0.0472. The van der Waals surface area contributed by atoms with Gasteiger partial charge in [-0.05, 0) is 43.9 Å². The van der Waals surface area contributed by atoms with E-state index in [4.69, 9.17) is 9.47 Å². The molecule has 0 amide bonds. The SMILES string of the molecule is FC(F)(F)c1cccnc1N[C@H]1CC[C@@H](Oc2cc(N3CCOCC3)cc3nccnc23)CC1. The number of aromatic nitrogens is 3. The average Bonchev–Trinajstić information content (AvgIpc) is 2.85. The van der Waals surface area contributed by atoms with E-state index in [0.717, 1.165) is 43.2 Å². The number of nitrogens with one attached hydrogen (secondary N) is 1. The molecule has 34 heavy (non-hydrogen) atoms. The zero-order valence-electron chi connectivity index (χ0n) is 18.6. The summed E-state index contributed by atoms with van der Waals surface area (Å²) in [4.78, 5) is 15.1. The Bertz CT molecular complexity index is 1130. The van der Waals surface area contributed by atoms with Crippen LogP contribution in [0.2, 0.25) is 0 Å². The minimum atomic E-state index is -4.44. The van der Waals surface area contributed by atoms with Crippen LogP contribution in [-0.4, -0.2) is 53.4 Å². The predicted octanol–water partition coefficient (Wildman–Crippen LogP) is 4.68. The van der Waals surface area contributed by atoms with E-state index in [1.807, 2.05) is 12.1 Å². The Kier molecular flexibility index (Phi) is 6.40. The highest BCUT2D eigenvalue weighted by Crippen LogP contribution is 2.36. The second kappa shape index (κ2) is 9.61. The third-order valence-electron chi connectivity index (χ3n) is 6.32. The van der Waals surface area contributed by atoms with Crippen LogP contribution < -0.4 is 15.0 Å². The highest BCUT2D eigenvalue weighted by Gasteiger charge is 2.35. The van der Waals surface area contributed by atoms with Gasteiger partial charge in [0.2, 0.25) is 0 Å². The maximum Gasteiger partial charge on any atom is 0.419 e. The molecular formula is C24H26F3N5O2. The van der Waals surface area contributed by atoms with Crippen molar-refractivity contribution in [3.8, 4) is 5.75 Å². The summed E-state index contributed by atoms with van der Waals surface area (Å²) in [5, 5.41) is 2.99. The van der Waals surface area contributed by atoms with Crippen LogP contribution in [0.3, 0.4) is 0 Å². The molecule has 0 radical (unpaired) electrons. The van der Waals surface area contributed by atoms with Crippen molar-refractivity contribution >= 4 is 22.5 Å². The molecule has 1 saturated carbocycles. The molecule has 1 aromatic carbocycles. The fourth-order valence-corrected chi connectivity index (χ4v) is 4.57. The van der Waals surface area contributed by atoms with E-state index in [-0.39, 0.29) is 18.0 Å². The molecule has 1 N–H and O–H groups in total. The number of halogens is 3. The molecular weight excluding hydrogens is 447 g/mol. The van der Waals surface area contributed by atoms with Gasteiger partial charge in [-0.15, -0.1) is 0 Å². The molecule has 2 aliphatic rings. The van der Waals surface area contributed by atoms with Crippen LogP contribution in [0, 0.1) is 0 Å². The van der Waals surface area contributed by atoms with E-state index in [1.165, 1.54) is 12.3 Å². The lowest BCUT2D eigenvalue weighted by atomic mass is 9.92. The highest BCUT2D eigenvalue weighted by atomic mass is 19.4. The fraction of sp³-hybridized carbons (Fsp3) is 0.458. The van der Waals surface area contributed by atoms with Gasteiger partial charge in [-0.3, -0.25) is 4.98 Å². The summed E-state index contributed by atoms with van der Waals surface area (Å²) in [7, 11) is 0. The molecule has 3 aromatic rings. The lowest BCUT2D eigenvalue weighted by Crippen LogP contribution is -2.36. The molecule has 180 valence electrons. The van der Waals surface area contributed by atoms with Crippen LogP contribution in [0.1, 0.15) is 31.2 Å². The summed E-state index contributed by atoms with van der Waals surface area (Å²) >= 11 is 0. The number of rotatable bonds is 5. The molecule has 1 aliphatic heterocycles. The molecule has 10 heteroatoms. The summed E-state index contributed by atoms with van der Waals surface area (Å²) in [6, 6.07) is 6.30. The number of benzene rings is 1. The van der Waals surface area contributed by atoms with Crippen molar-refractivity contribution < 1.29 is 22.6 Å². The lowest BCUT2D eigenvalue weighted by molar-refractivity contribution is -0.137. The highest BCUT2D eigenvalue weighted by molar-refractivity contribution is 5.85. The van der Waals surface area contributed by atoms with Crippen molar-refractivity contribution in [3.05, 3.63) is 48.4 Å². The standard InChI is InChI=1S/C24H26F3N5O2/c25-24(26,27)19-2-1-7-30-23(19)31-16-3-5-18(6-4-16)34-21-15-17(32-10-12-33-13-11-32)14-20-22(21)29-9-8-28-20/h1-2,7-9,14-16,18H,3-6,10-13H2,(H,30,31)/t16-,18+. The van der Waals surface area contributed by atoms with E-state index < -0.39 is 11.7 Å². The Hall–Kier alpha value is -3.14. The van der Waals surface area contributed by atoms with Gasteiger partial charge < -0.3 is 19.7 Å². The van der Waals surface area contributed by atoms with Crippen LogP contribution in [0.25, 0.3) is 11.0 Å². The van der Waals surface area contributed by atoms with Crippen molar-refractivity contribution in [1.29, 1.82) is 0 Å². The van der Waals surface area contributed by atoms with E-state index in [9.17, 15) is 13.2 Å². The van der Waals surface area contributed by atoms with E-state index in [1.54, 1.807) is 12.4 Å². The van der Waals surface area contributed by atoms with Gasteiger partial charge in [0, 0.05) is 49.5 Å². The number of anilines is 2. The zero-order chi connectivity index (χ0) is 23.5. The first kappa shape index (κ1) is 22.6. The van der Waals surface area contributed by atoms with Gasteiger partial charge in [-0.2, -0.15) is 13.2 Å².